The number of amides is 1. The van der Waals surface area contributed by atoms with E-state index in [1.807, 2.05) is 45.0 Å². The molecule has 0 aliphatic heterocycles. The molecule has 1 amide bonds. The molecule has 0 heterocycles. The summed E-state index contributed by atoms with van der Waals surface area (Å²) in [6, 6.07) is 9.37. The third-order valence-electron chi connectivity index (χ3n) is 3.29. The van der Waals surface area contributed by atoms with E-state index in [1.54, 1.807) is 6.07 Å². The van der Waals surface area contributed by atoms with Gasteiger partial charge in [-0.3, -0.25) is 4.79 Å². The lowest BCUT2D eigenvalue weighted by Crippen LogP contribution is -2.14. The molecule has 2 rings (SSSR count). The van der Waals surface area contributed by atoms with Crippen LogP contribution in [0.3, 0.4) is 0 Å². The first-order valence-electron chi connectivity index (χ1n) is 6.32. The van der Waals surface area contributed by atoms with Gasteiger partial charge in [0.05, 0.1) is 0 Å². The van der Waals surface area contributed by atoms with Crippen molar-refractivity contribution in [2.75, 3.05) is 11.1 Å². The molecule has 0 saturated heterocycles. The molecule has 0 saturated carbocycles. The number of benzene rings is 2. The molecule has 20 heavy (non-hydrogen) atoms. The number of hydrogen-bond donors (Lipinski definition) is 2. The SMILES string of the molecule is Cc1cc(C)c(C(=O)Nc2ccc(C)c(Br)c2)cc1N. The van der Waals surface area contributed by atoms with E-state index in [-0.39, 0.29) is 5.91 Å². The largest absolute Gasteiger partial charge is 0.398 e. The molecular formula is C16H17BrN2O. The Morgan fingerprint density at radius 2 is 1.75 bits per heavy atom. The summed E-state index contributed by atoms with van der Waals surface area (Å²) in [6.07, 6.45) is 0. The van der Waals surface area contributed by atoms with Gasteiger partial charge in [0.15, 0.2) is 0 Å². The Bertz CT molecular complexity index is 680. The third kappa shape index (κ3) is 3.02. The fourth-order valence-corrected chi connectivity index (χ4v) is 2.36. The highest BCUT2D eigenvalue weighted by Gasteiger charge is 2.11. The number of rotatable bonds is 2. The molecule has 3 nitrogen and oxygen atoms in total. The van der Waals surface area contributed by atoms with Crippen LogP contribution in [0.15, 0.2) is 34.8 Å². The zero-order valence-corrected chi connectivity index (χ0v) is 13.3. The second-order valence-corrected chi connectivity index (χ2v) is 5.80. The van der Waals surface area contributed by atoms with E-state index in [0.717, 1.165) is 26.9 Å². The van der Waals surface area contributed by atoms with Crippen molar-refractivity contribution in [3.05, 3.63) is 57.1 Å². The van der Waals surface area contributed by atoms with Crippen LogP contribution in [0.2, 0.25) is 0 Å². The zero-order valence-electron chi connectivity index (χ0n) is 11.8. The van der Waals surface area contributed by atoms with Crippen LogP contribution in [0.5, 0.6) is 0 Å². The van der Waals surface area contributed by atoms with Gasteiger partial charge in [-0.15, -0.1) is 0 Å². The molecule has 0 spiro atoms. The van der Waals surface area contributed by atoms with Crippen LogP contribution < -0.4 is 11.1 Å². The van der Waals surface area contributed by atoms with E-state index in [4.69, 9.17) is 5.73 Å². The maximum Gasteiger partial charge on any atom is 0.256 e. The van der Waals surface area contributed by atoms with Crippen LogP contribution in [0.25, 0.3) is 0 Å². The molecule has 0 bridgehead atoms. The van der Waals surface area contributed by atoms with Gasteiger partial charge in [0, 0.05) is 21.4 Å². The second kappa shape index (κ2) is 5.67. The van der Waals surface area contributed by atoms with E-state index in [2.05, 4.69) is 21.2 Å². The average Bonchev–Trinajstić information content (AvgIpc) is 2.38. The van der Waals surface area contributed by atoms with Crippen LogP contribution >= 0.6 is 15.9 Å². The van der Waals surface area contributed by atoms with Crippen molar-refractivity contribution in [2.24, 2.45) is 0 Å². The topological polar surface area (TPSA) is 55.1 Å². The summed E-state index contributed by atoms with van der Waals surface area (Å²) < 4.78 is 0.968. The molecular weight excluding hydrogens is 316 g/mol. The normalized spacial score (nSPS) is 10.4. The Morgan fingerprint density at radius 3 is 2.40 bits per heavy atom. The van der Waals surface area contributed by atoms with Gasteiger partial charge in [-0.2, -0.15) is 0 Å². The minimum absolute atomic E-state index is 0.148. The van der Waals surface area contributed by atoms with Gasteiger partial charge < -0.3 is 11.1 Å². The van der Waals surface area contributed by atoms with Crippen molar-refractivity contribution < 1.29 is 4.79 Å². The molecule has 2 aromatic rings. The molecule has 2 aromatic carbocycles. The quantitative estimate of drug-likeness (QED) is 0.809. The van der Waals surface area contributed by atoms with Gasteiger partial charge in [-0.1, -0.05) is 28.1 Å². The monoisotopic (exact) mass is 332 g/mol. The first-order chi connectivity index (χ1) is 9.38. The number of nitrogen functional groups attached to an aromatic ring is 1. The van der Waals surface area contributed by atoms with E-state index in [9.17, 15) is 4.79 Å². The second-order valence-electron chi connectivity index (χ2n) is 4.94. The van der Waals surface area contributed by atoms with Crippen LogP contribution in [-0.2, 0) is 0 Å². The van der Waals surface area contributed by atoms with E-state index in [0.29, 0.717) is 11.3 Å². The van der Waals surface area contributed by atoms with Crippen molar-refractivity contribution in [2.45, 2.75) is 20.8 Å². The maximum absolute atomic E-state index is 12.3. The summed E-state index contributed by atoms with van der Waals surface area (Å²) in [5.74, 6) is -0.148. The van der Waals surface area contributed by atoms with Crippen LogP contribution in [0, 0.1) is 20.8 Å². The first kappa shape index (κ1) is 14.6. The molecule has 4 heteroatoms. The Balaban J connectivity index is 2.28. The van der Waals surface area contributed by atoms with Gasteiger partial charge in [0.25, 0.3) is 5.91 Å². The Hall–Kier alpha value is -1.81. The van der Waals surface area contributed by atoms with Crippen molar-refractivity contribution in [1.29, 1.82) is 0 Å². The standard InChI is InChI=1S/C16H17BrN2O/c1-9-4-5-12(7-14(9)17)19-16(20)13-8-15(18)11(3)6-10(13)2/h4-8H,18H2,1-3H3,(H,19,20). The van der Waals surface area contributed by atoms with Crippen molar-refractivity contribution >= 4 is 33.2 Å². The lowest BCUT2D eigenvalue weighted by Gasteiger charge is -2.11. The predicted octanol–water partition coefficient (Wildman–Crippen LogP) is 4.21. The molecule has 104 valence electrons. The number of halogens is 1. The minimum atomic E-state index is -0.148. The molecule has 0 atom stereocenters. The number of hydrogen-bond acceptors (Lipinski definition) is 2. The molecule has 3 N–H and O–H groups in total. The summed E-state index contributed by atoms with van der Waals surface area (Å²) in [5, 5.41) is 2.89. The summed E-state index contributed by atoms with van der Waals surface area (Å²) in [4.78, 5) is 12.3. The summed E-state index contributed by atoms with van der Waals surface area (Å²) in [7, 11) is 0. The Labute approximate surface area is 127 Å². The van der Waals surface area contributed by atoms with Crippen LogP contribution in [0.4, 0.5) is 11.4 Å². The molecule has 0 aliphatic rings. The molecule has 0 fully saturated rings. The zero-order chi connectivity index (χ0) is 14.9. The summed E-state index contributed by atoms with van der Waals surface area (Å²) in [6.45, 7) is 5.84. The maximum atomic E-state index is 12.3. The average molecular weight is 333 g/mol. The van der Waals surface area contributed by atoms with Gasteiger partial charge in [0.1, 0.15) is 0 Å². The predicted molar refractivity (Wildman–Crippen MR) is 87.2 cm³/mol. The highest BCUT2D eigenvalue weighted by atomic mass is 79.9. The number of anilines is 2. The van der Waals surface area contributed by atoms with Gasteiger partial charge in [-0.05, 0) is 55.7 Å². The van der Waals surface area contributed by atoms with Crippen LogP contribution in [0.1, 0.15) is 27.0 Å². The first-order valence-corrected chi connectivity index (χ1v) is 7.12. The molecule has 0 aliphatic carbocycles. The third-order valence-corrected chi connectivity index (χ3v) is 4.14. The Kier molecular flexibility index (Phi) is 4.14. The van der Waals surface area contributed by atoms with Gasteiger partial charge in [-0.25, -0.2) is 0 Å². The number of carbonyl (C=O) groups excluding carboxylic acids is 1. The number of carbonyl (C=O) groups is 1. The van der Waals surface area contributed by atoms with E-state index in [1.165, 1.54) is 0 Å². The molecule has 0 radical (unpaired) electrons. The minimum Gasteiger partial charge on any atom is -0.398 e. The van der Waals surface area contributed by atoms with Crippen LogP contribution in [-0.4, -0.2) is 5.91 Å². The van der Waals surface area contributed by atoms with Gasteiger partial charge in [0.2, 0.25) is 0 Å². The fraction of sp³-hybridized carbons (Fsp3) is 0.188. The van der Waals surface area contributed by atoms with Crippen molar-refractivity contribution in [1.82, 2.24) is 0 Å². The van der Waals surface area contributed by atoms with Crippen molar-refractivity contribution in [3.8, 4) is 0 Å². The highest BCUT2D eigenvalue weighted by Crippen LogP contribution is 2.23. The van der Waals surface area contributed by atoms with Gasteiger partial charge >= 0.3 is 0 Å². The molecule has 0 unspecified atom stereocenters. The van der Waals surface area contributed by atoms with E-state index < -0.39 is 0 Å². The number of nitrogens with one attached hydrogen (secondary N) is 1. The summed E-state index contributed by atoms with van der Waals surface area (Å²) in [5.41, 5.74) is 10.9. The van der Waals surface area contributed by atoms with Crippen molar-refractivity contribution in [3.63, 3.8) is 0 Å². The highest BCUT2D eigenvalue weighted by molar-refractivity contribution is 9.10. The Morgan fingerprint density at radius 1 is 1.05 bits per heavy atom. The molecule has 0 aromatic heterocycles. The number of nitrogens with two attached hydrogens (primary N) is 1. The smallest absolute Gasteiger partial charge is 0.256 e. The fourth-order valence-electron chi connectivity index (χ4n) is 1.98. The summed E-state index contributed by atoms with van der Waals surface area (Å²) >= 11 is 3.46. The number of aryl methyl sites for hydroxylation is 3. The van der Waals surface area contributed by atoms with E-state index >= 15 is 0 Å². The lowest BCUT2D eigenvalue weighted by atomic mass is 10.0. The lowest BCUT2D eigenvalue weighted by molar-refractivity contribution is 0.102.